The fourth-order valence-corrected chi connectivity index (χ4v) is 3.10. The molecule has 0 aromatic carbocycles. The first-order valence-corrected chi connectivity index (χ1v) is 8.11. The minimum absolute atomic E-state index is 0.0747. The third kappa shape index (κ3) is 3.06. The molecule has 0 saturated heterocycles. The van der Waals surface area contributed by atoms with Crippen molar-refractivity contribution in [1.29, 1.82) is 0 Å². The van der Waals surface area contributed by atoms with Gasteiger partial charge in [0.05, 0.1) is 11.7 Å². The number of rotatable bonds is 3. The van der Waals surface area contributed by atoms with E-state index in [1.807, 2.05) is 12.1 Å². The zero-order chi connectivity index (χ0) is 15.7. The van der Waals surface area contributed by atoms with Crippen molar-refractivity contribution in [2.24, 2.45) is 0 Å². The van der Waals surface area contributed by atoms with Gasteiger partial charge in [-0.25, -0.2) is 15.0 Å². The van der Waals surface area contributed by atoms with Gasteiger partial charge >= 0.3 is 0 Å². The number of hydrogen-bond acceptors (Lipinski definition) is 6. The number of nitrogens with zero attached hydrogens (tertiary/aromatic N) is 4. The van der Waals surface area contributed by atoms with Gasteiger partial charge in [-0.3, -0.25) is 4.98 Å². The normalized spacial score (nSPS) is 13.3. The summed E-state index contributed by atoms with van der Waals surface area (Å²) in [7, 11) is 0. The van der Waals surface area contributed by atoms with E-state index >= 15 is 0 Å². The van der Waals surface area contributed by atoms with Gasteiger partial charge in [-0.1, -0.05) is 20.8 Å². The molecule has 3 heterocycles. The Morgan fingerprint density at radius 3 is 2.59 bits per heavy atom. The first-order chi connectivity index (χ1) is 10.4. The van der Waals surface area contributed by atoms with Crippen LogP contribution in [0, 0.1) is 0 Å². The van der Waals surface area contributed by atoms with Crippen LogP contribution in [0.25, 0.3) is 11.2 Å². The molecule has 3 aromatic rings. The monoisotopic (exact) mass is 313 g/mol. The van der Waals surface area contributed by atoms with Gasteiger partial charge in [0.1, 0.15) is 16.3 Å². The second kappa shape index (κ2) is 5.61. The van der Waals surface area contributed by atoms with Crippen LogP contribution < -0.4 is 5.32 Å². The highest BCUT2D eigenvalue weighted by atomic mass is 32.1. The number of nitrogens with one attached hydrogen (secondary N) is 1. The van der Waals surface area contributed by atoms with E-state index in [1.165, 1.54) is 0 Å². The van der Waals surface area contributed by atoms with E-state index in [0.29, 0.717) is 5.65 Å². The van der Waals surface area contributed by atoms with Gasteiger partial charge in [0.2, 0.25) is 0 Å². The Bertz CT molecular complexity index is 790. The fourth-order valence-electron chi connectivity index (χ4n) is 2.05. The van der Waals surface area contributed by atoms with Gasteiger partial charge in [-0.05, 0) is 19.1 Å². The van der Waals surface area contributed by atoms with Crippen molar-refractivity contribution < 1.29 is 0 Å². The summed E-state index contributed by atoms with van der Waals surface area (Å²) in [5.41, 5.74) is 2.64. The number of thiazole rings is 1. The van der Waals surface area contributed by atoms with Crippen molar-refractivity contribution in [3.8, 4) is 0 Å². The summed E-state index contributed by atoms with van der Waals surface area (Å²) in [6, 6.07) is 3.95. The lowest BCUT2D eigenvalue weighted by Gasteiger charge is -2.15. The van der Waals surface area contributed by atoms with Gasteiger partial charge in [0.25, 0.3) is 0 Å². The van der Waals surface area contributed by atoms with Crippen molar-refractivity contribution in [1.82, 2.24) is 19.9 Å². The molecule has 6 heteroatoms. The Labute approximate surface area is 133 Å². The predicted molar refractivity (Wildman–Crippen MR) is 90.2 cm³/mol. The van der Waals surface area contributed by atoms with E-state index in [0.717, 1.165) is 22.0 Å². The highest BCUT2D eigenvalue weighted by Crippen LogP contribution is 2.28. The lowest BCUT2D eigenvalue weighted by atomic mass is 9.93. The highest BCUT2D eigenvalue weighted by molar-refractivity contribution is 7.09. The first-order valence-electron chi connectivity index (χ1n) is 7.24. The van der Waals surface area contributed by atoms with Crippen LogP contribution in [0.3, 0.4) is 0 Å². The van der Waals surface area contributed by atoms with Gasteiger partial charge < -0.3 is 5.32 Å². The molecule has 0 aliphatic heterocycles. The maximum absolute atomic E-state index is 4.74. The molecule has 0 saturated carbocycles. The summed E-state index contributed by atoms with van der Waals surface area (Å²) in [4.78, 5) is 17.7. The van der Waals surface area contributed by atoms with E-state index in [4.69, 9.17) is 4.98 Å². The zero-order valence-electron chi connectivity index (χ0n) is 13.2. The van der Waals surface area contributed by atoms with E-state index in [2.05, 4.69) is 53.3 Å². The Balaban J connectivity index is 1.80. The van der Waals surface area contributed by atoms with Crippen molar-refractivity contribution in [2.45, 2.75) is 39.2 Å². The molecule has 0 radical (unpaired) electrons. The van der Waals surface area contributed by atoms with Crippen molar-refractivity contribution in [2.75, 3.05) is 5.32 Å². The molecule has 1 atom stereocenters. The molecule has 1 unspecified atom stereocenters. The highest BCUT2D eigenvalue weighted by Gasteiger charge is 2.19. The SMILES string of the molecule is CC(Nc1ccc2nccnc2n1)c1nc(C(C)(C)C)cs1. The Kier molecular flexibility index (Phi) is 3.78. The molecule has 22 heavy (non-hydrogen) atoms. The number of fused-ring (bicyclic) bond motifs is 1. The van der Waals surface area contributed by atoms with Crippen LogP contribution in [0.2, 0.25) is 0 Å². The van der Waals surface area contributed by atoms with E-state index < -0.39 is 0 Å². The maximum atomic E-state index is 4.74. The van der Waals surface area contributed by atoms with Crippen molar-refractivity contribution >= 4 is 28.3 Å². The molecule has 0 fully saturated rings. The van der Waals surface area contributed by atoms with Crippen molar-refractivity contribution in [3.63, 3.8) is 0 Å². The molecule has 114 valence electrons. The molecule has 3 aromatic heterocycles. The Morgan fingerprint density at radius 1 is 1.09 bits per heavy atom. The topological polar surface area (TPSA) is 63.6 Å². The maximum Gasteiger partial charge on any atom is 0.180 e. The van der Waals surface area contributed by atoms with E-state index in [9.17, 15) is 0 Å². The van der Waals surface area contributed by atoms with Gasteiger partial charge in [0.15, 0.2) is 5.65 Å². The van der Waals surface area contributed by atoms with Crippen LogP contribution in [0.5, 0.6) is 0 Å². The van der Waals surface area contributed by atoms with Gasteiger partial charge in [-0.15, -0.1) is 11.3 Å². The number of pyridine rings is 1. The summed E-state index contributed by atoms with van der Waals surface area (Å²) in [6.07, 6.45) is 3.32. The molecule has 3 rings (SSSR count). The summed E-state index contributed by atoms with van der Waals surface area (Å²) in [6.45, 7) is 8.61. The summed E-state index contributed by atoms with van der Waals surface area (Å²) in [5, 5.41) is 6.58. The lowest BCUT2D eigenvalue weighted by Crippen LogP contribution is -2.13. The van der Waals surface area contributed by atoms with E-state index in [-0.39, 0.29) is 11.5 Å². The van der Waals surface area contributed by atoms with Crippen LogP contribution in [-0.4, -0.2) is 19.9 Å². The van der Waals surface area contributed by atoms with Gasteiger partial charge in [0, 0.05) is 23.2 Å². The molecular weight excluding hydrogens is 294 g/mol. The minimum atomic E-state index is 0.0747. The number of hydrogen-bond donors (Lipinski definition) is 1. The predicted octanol–water partition coefficient (Wildman–Crippen LogP) is 3.95. The third-order valence-electron chi connectivity index (χ3n) is 3.36. The summed E-state index contributed by atoms with van der Waals surface area (Å²) in [5.74, 6) is 0.785. The van der Waals surface area contributed by atoms with Crippen LogP contribution in [0.4, 0.5) is 5.82 Å². The van der Waals surface area contributed by atoms with Crippen LogP contribution in [0.15, 0.2) is 29.9 Å². The standard InChI is InChI=1S/C16H19N5S/c1-10(15-20-12(9-22-15)16(2,3)4)19-13-6-5-11-14(21-13)18-8-7-17-11/h5-10H,1-4H3,(H,18,19,21). The molecule has 1 N–H and O–H groups in total. The molecule has 0 aliphatic carbocycles. The molecule has 0 amide bonds. The molecule has 5 nitrogen and oxygen atoms in total. The molecular formula is C16H19N5S. The van der Waals surface area contributed by atoms with Crippen LogP contribution in [-0.2, 0) is 5.41 Å². The number of aromatic nitrogens is 4. The molecule has 0 bridgehead atoms. The van der Waals surface area contributed by atoms with Crippen LogP contribution in [0.1, 0.15) is 44.4 Å². The third-order valence-corrected chi connectivity index (χ3v) is 4.38. The second-order valence-electron chi connectivity index (χ2n) is 6.28. The second-order valence-corrected chi connectivity index (χ2v) is 7.17. The zero-order valence-corrected chi connectivity index (χ0v) is 14.0. The molecule has 0 spiro atoms. The average Bonchev–Trinajstić information content (AvgIpc) is 2.97. The fraction of sp³-hybridized carbons (Fsp3) is 0.375. The minimum Gasteiger partial charge on any atom is -0.361 e. The largest absolute Gasteiger partial charge is 0.361 e. The molecule has 0 aliphatic rings. The summed E-state index contributed by atoms with van der Waals surface area (Å²) >= 11 is 1.68. The summed E-state index contributed by atoms with van der Waals surface area (Å²) < 4.78 is 0. The van der Waals surface area contributed by atoms with Crippen molar-refractivity contribution in [3.05, 3.63) is 40.6 Å². The lowest BCUT2D eigenvalue weighted by molar-refractivity contribution is 0.569. The average molecular weight is 313 g/mol. The Morgan fingerprint density at radius 2 is 1.86 bits per heavy atom. The number of anilines is 1. The van der Waals surface area contributed by atoms with E-state index in [1.54, 1.807) is 23.7 Å². The smallest absolute Gasteiger partial charge is 0.180 e. The van der Waals surface area contributed by atoms with Crippen LogP contribution >= 0.6 is 11.3 Å². The first kappa shape index (κ1) is 14.8. The Hall–Kier alpha value is -2.08. The quantitative estimate of drug-likeness (QED) is 0.793. The van der Waals surface area contributed by atoms with Gasteiger partial charge in [-0.2, -0.15) is 0 Å².